The van der Waals surface area contributed by atoms with E-state index in [2.05, 4.69) is 65.3 Å². The van der Waals surface area contributed by atoms with Crippen LogP contribution < -0.4 is 0 Å². The summed E-state index contributed by atoms with van der Waals surface area (Å²) in [5.41, 5.74) is 5.27. The molecule has 0 amide bonds. The Morgan fingerprint density at radius 3 is 2.65 bits per heavy atom. The second-order valence-electron chi connectivity index (χ2n) is 6.74. The Labute approximate surface area is 137 Å². The lowest BCUT2D eigenvalue weighted by Crippen LogP contribution is -2.46. The molecule has 1 aliphatic heterocycles. The van der Waals surface area contributed by atoms with Crippen molar-refractivity contribution in [2.45, 2.75) is 19.9 Å². The lowest BCUT2D eigenvalue weighted by atomic mass is 9.91. The fraction of sp³-hybridized carbons (Fsp3) is 0.286. The Bertz CT molecular complexity index is 804. The van der Waals surface area contributed by atoms with Gasteiger partial charge in [-0.2, -0.15) is 0 Å². The lowest BCUT2D eigenvalue weighted by molar-refractivity contribution is 0.0926. The zero-order chi connectivity index (χ0) is 15.6. The fourth-order valence-corrected chi connectivity index (χ4v) is 3.68. The van der Waals surface area contributed by atoms with Crippen LogP contribution in [0.15, 0.2) is 60.8 Å². The molecule has 3 aromatic rings. The normalized spacial score (nSPS) is 15.7. The standard InChI is InChI=1S/C21H22N2/c1-16-10-18(12-20-8-5-9-22-21(16)20)13-23-14-19(15-23)11-17-6-3-2-4-7-17/h2-10,12,19H,11,13-15H2,1H3. The van der Waals surface area contributed by atoms with E-state index in [4.69, 9.17) is 0 Å². The number of likely N-dealkylation sites (tertiary alicyclic amines) is 1. The molecule has 1 aliphatic rings. The number of benzene rings is 2. The number of aryl methyl sites for hydroxylation is 1. The highest BCUT2D eigenvalue weighted by atomic mass is 15.2. The van der Waals surface area contributed by atoms with Gasteiger partial charge in [0.2, 0.25) is 0 Å². The maximum Gasteiger partial charge on any atom is 0.0731 e. The number of rotatable bonds is 4. The molecule has 1 fully saturated rings. The van der Waals surface area contributed by atoms with Crippen molar-refractivity contribution in [2.75, 3.05) is 13.1 Å². The smallest absolute Gasteiger partial charge is 0.0731 e. The maximum absolute atomic E-state index is 4.48. The summed E-state index contributed by atoms with van der Waals surface area (Å²) in [6.45, 7) is 5.63. The van der Waals surface area contributed by atoms with Crippen molar-refractivity contribution in [2.24, 2.45) is 5.92 Å². The molecule has 1 aromatic heterocycles. The zero-order valence-electron chi connectivity index (χ0n) is 13.6. The molecular formula is C21H22N2. The fourth-order valence-electron chi connectivity index (χ4n) is 3.68. The Hall–Kier alpha value is -2.19. The van der Waals surface area contributed by atoms with E-state index in [1.165, 1.54) is 41.6 Å². The van der Waals surface area contributed by atoms with Gasteiger partial charge in [-0.15, -0.1) is 0 Å². The van der Waals surface area contributed by atoms with Gasteiger partial charge in [0, 0.05) is 31.2 Å². The summed E-state index contributed by atoms with van der Waals surface area (Å²) >= 11 is 0. The van der Waals surface area contributed by atoms with Gasteiger partial charge in [-0.25, -0.2) is 0 Å². The molecule has 4 rings (SSSR count). The number of fused-ring (bicyclic) bond motifs is 1. The van der Waals surface area contributed by atoms with Crippen molar-refractivity contribution < 1.29 is 0 Å². The topological polar surface area (TPSA) is 16.1 Å². The molecule has 0 unspecified atom stereocenters. The molecule has 0 spiro atoms. The van der Waals surface area contributed by atoms with Crippen LogP contribution in [0.5, 0.6) is 0 Å². The van der Waals surface area contributed by atoms with Crippen molar-refractivity contribution in [1.82, 2.24) is 9.88 Å². The minimum atomic E-state index is 0.806. The van der Waals surface area contributed by atoms with E-state index in [1.807, 2.05) is 12.3 Å². The maximum atomic E-state index is 4.48. The summed E-state index contributed by atoms with van der Waals surface area (Å²) in [5.74, 6) is 0.806. The first-order chi connectivity index (χ1) is 11.3. The number of pyridine rings is 1. The van der Waals surface area contributed by atoms with Gasteiger partial charge < -0.3 is 0 Å². The number of aromatic nitrogens is 1. The monoisotopic (exact) mass is 302 g/mol. The largest absolute Gasteiger partial charge is 0.298 e. The Balaban J connectivity index is 1.39. The molecule has 2 heterocycles. The van der Waals surface area contributed by atoms with Gasteiger partial charge in [-0.05, 0) is 48.1 Å². The molecule has 0 atom stereocenters. The molecular weight excluding hydrogens is 280 g/mol. The third kappa shape index (κ3) is 3.13. The summed E-state index contributed by atoms with van der Waals surface area (Å²) in [6, 6.07) is 19.6. The summed E-state index contributed by atoms with van der Waals surface area (Å²) < 4.78 is 0. The molecule has 116 valence electrons. The first kappa shape index (κ1) is 14.4. The van der Waals surface area contributed by atoms with Crippen LogP contribution in [0.4, 0.5) is 0 Å². The van der Waals surface area contributed by atoms with E-state index >= 15 is 0 Å². The lowest BCUT2D eigenvalue weighted by Gasteiger charge is -2.39. The van der Waals surface area contributed by atoms with E-state index in [0.717, 1.165) is 18.0 Å². The van der Waals surface area contributed by atoms with Crippen LogP contribution in [0.25, 0.3) is 10.9 Å². The summed E-state index contributed by atoms with van der Waals surface area (Å²) in [5, 5.41) is 1.25. The molecule has 2 aromatic carbocycles. The second kappa shape index (κ2) is 6.13. The molecule has 1 saturated heterocycles. The third-order valence-corrected chi connectivity index (χ3v) is 4.76. The van der Waals surface area contributed by atoms with Gasteiger partial charge in [0.25, 0.3) is 0 Å². The molecule has 23 heavy (non-hydrogen) atoms. The Morgan fingerprint density at radius 2 is 1.83 bits per heavy atom. The molecule has 2 heteroatoms. The quantitative estimate of drug-likeness (QED) is 0.717. The van der Waals surface area contributed by atoms with Crippen molar-refractivity contribution >= 4 is 10.9 Å². The Morgan fingerprint density at radius 1 is 1.00 bits per heavy atom. The van der Waals surface area contributed by atoms with Crippen molar-refractivity contribution in [1.29, 1.82) is 0 Å². The first-order valence-corrected chi connectivity index (χ1v) is 8.38. The van der Waals surface area contributed by atoms with Gasteiger partial charge in [0.05, 0.1) is 5.52 Å². The summed E-state index contributed by atoms with van der Waals surface area (Å²) in [4.78, 5) is 7.03. The highest BCUT2D eigenvalue weighted by Crippen LogP contribution is 2.25. The average Bonchev–Trinajstić information content (AvgIpc) is 2.54. The van der Waals surface area contributed by atoms with Gasteiger partial charge in [0.1, 0.15) is 0 Å². The summed E-state index contributed by atoms with van der Waals surface area (Å²) in [7, 11) is 0. The van der Waals surface area contributed by atoms with Crippen molar-refractivity contribution in [3.8, 4) is 0 Å². The van der Waals surface area contributed by atoms with Crippen LogP contribution in [0.1, 0.15) is 16.7 Å². The van der Waals surface area contributed by atoms with E-state index < -0.39 is 0 Å². The molecule has 0 N–H and O–H groups in total. The van der Waals surface area contributed by atoms with E-state index in [1.54, 1.807) is 0 Å². The number of hydrogen-bond donors (Lipinski definition) is 0. The van der Waals surface area contributed by atoms with Gasteiger partial charge in [-0.1, -0.05) is 42.5 Å². The Kier molecular flexibility index (Phi) is 3.84. The highest BCUT2D eigenvalue weighted by Gasteiger charge is 2.26. The van der Waals surface area contributed by atoms with E-state index in [9.17, 15) is 0 Å². The van der Waals surface area contributed by atoms with Crippen LogP contribution in [0, 0.1) is 12.8 Å². The first-order valence-electron chi connectivity index (χ1n) is 8.38. The molecule has 2 nitrogen and oxygen atoms in total. The second-order valence-corrected chi connectivity index (χ2v) is 6.74. The van der Waals surface area contributed by atoms with Crippen LogP contribution in [-0.4, -0.2) is 23.0 Å². The minimum absolute atomic E-state index is 0.806. The highest BCUT2D eigenvalue weighted by molar-refractivity contribution is 5.82. The van der Waals surface area contributed by atoms with Gasteiger partial charge in [0.15, 0.2) is 0 Å². The van der Waals surface area contributed by atoms with Crippen molar-refractivity contribution in [3.63, 3.8) is 0 Å². The predicted molar refractivity (Wildman–Crippen MR) is 95.4 cm³/mol. The van der Waals surface area contributed by atoms with Crippen LogP contribution in [-0.2, 0) is 13.0 Å². The number of nitrogens with zero attached hydrogens (tertiary/aromatic N) is 2. The summed E-state index contributed by atoms with van der Waals surface area (Å²) in [6.07, 6.45) is 3.08. The molecule has 0 aliphatic carbocycles. The molecule has 0 saturated carbocycles. The predicted octanol–water partition coefficient (Wildman–Crippen LogP) is 4.22. The van der Waals surface area contributed by atoms with Crippen LogP contribution >= 0.6 is 0 Å². The SMILES string of the molecule is Cc1cc(CN2CC(Cc3ccccc3)C2)cc2cccnc12. The minimum Gasteiger partial charge on any atom is -0.298 e. The molecule has 0 radical (unpaired) electrons. The molecule has 0 bridgehead atoms. The van der Waals surface area contributed by atoms with Gasteiger partial charge >= 0.3 is 0 Å². The number of hydrogen-bond acceptors (Lipinski definition) is 2. The van der Waals surface area contributed by atoms with E-state index in [0.29, 0.717) is 0 Å². The van der Waals surface area contributed by atoms with Gasteiger partial charge in [-0.3, -0.25) is 9.88 Å². The van der Waals surface area contributed by atoms with Crippen LogP contribution in [0.2, 0.25) is 0 Å². The van der Waals surface area contributed by atoms with Crippen LogP contribution in [0.3, 0.4) is 0 Å². The average molecular weight is 302 g/mol. The zero-order valence-corrected chi connectivity index (χ0v) is 13.6. The van der Waals surface area contributed by atoms with E-state index in [-0.39, 0.29) is 0 Å². The third-order valence-electron chi connectivity index (χ3n) is 4.76. The van der Waals surface area contributed by atoms with Crippen molar-refractivity contribution in [3.05, 3.63) is 77.5 Å².